The van der Waals surface area contributed by atoms with Crippen molar-refractivity contribution >= 4 is 5.91 Å². The molecule has 2 N–H and O–H groups in total. The van der Waals surface area contributed by atoms with Crippen LogP contribution in [0.4, 0.5) is 8.78 Å². The van der Waals surface area contributed by atoms with Crippen LogP contribution in [0.2, 0.25) is 0 Å². The van der Waals surface area contributed by atoms with Crippen molar-refractivity contribution < 1.29 is 23.1 Å². The number of carbonyl (C=O) groups is 1. The molecule has 4 nitrogen and oxygen atoms in total. The Bertz CT molecular complexity index is 639. The van der Waals surface area contributed by atoms with Gasteiger partial charge in [-0.3, -0.25) is 4.79 Å². The molecule has 0 saturated carbocycles. The molecule has 1 amide bonds. The molecule has 1 heterocycles. The summed E-state index contributed by atoms with van der Waals surface area (Å²) in [5.74, 6) is -1.18. The molecule has 1 aromatic carbocycles. The number of amides is 1. The van der Waals surface area contributed by atoms with Gasteiger partial charge in [0, 0.05) is 24.5 Å². The summed E-state index contributed by atoms with van der Waals surface area (Å²) >= 11 is 0. The van der Waals surface area contributed by atoms with Gasteiger partial charge in [-0.1, -0.05) is 6.07 Å². The monoisotopic (exact) mass is 309 g/mol. The fourth-order valence-corrected chi connectivity index (χ4v) is 2.07. The molecule has 2 aromatic rings. The molecule has 1 unspecified atom stereocenters. The number of halogens is 2. The predicted molar refractivity (Wildman–Crippen MR) is 76.0 cm³/mol. The van der Waals surface area contributed by atoms with Gasteiger partial charge < -0.3 is 14.8 Å². The lowest BCUT2D eigenvalue weighted by Gasteiger charge is -2.24. The van der Waals surface area contributed by atoms with Gasteiger partial charge in [0.05, 0.1) is 12.8 Å². The van der Waals surface area contributed by atoms with E-state index in [0.29, 0.717) is 18.2 Å². The van der Waals surface area contributed by atoms with E-state index in [1.165, 1.54) is 19.3 Å². The third-order valence-electron chi connectivity index (χ3n) is 3.32. The molecule has 0 bridgehead atoms. The average Bonchev–Trinajstić information content (AvgIpc) is 2.96. The smallest absolute Gasteiger partial charge is 0.220 e. The molecule has 0 fully saturated rings. The van der Waals surface area contributed by atoms with Crippen LogP contribution < -0.4 is 5.32 Å². The zero-order chi connectivity index (χ0) is 16.2. The first kappa shape index (κ1) is 16.2. The lowest BCUT2D eigenvalue weighted by Crippen LogP contribution is -2.39. The zero-order valence-corrected chi connectivity index (χ0v) is 12.1. The summed E-state index contributed by atoms with van der Waals surface area (Å²) in [6.07, 6.45) is 2.15. The number of aryl methyl sites for hydroxylation is 1. The first-order chi connectivity index (χ1) is 10.4. The molecular weight excluding hydrogens is 292 g/mol. The van der Waals surface area contributed by atoms with Crippen LogP contribution in [0.1, 0.15) is 24.7 Å². The van der Waals surface area contributed by atoms with Crippen LogP contribution in [0.3, 0.4) is 0 Å². The Morgan fingerprint density at radius 2 is 2.14 bits per heavy atom. The molecule has 1 atom stereocenters. The molecule has 1 aromatic heterocycles. The van der Waals surface area contributed by atoms with E-state index < -0.39 is 17.2 Å². The minimum atomic E-state index is -1.63. The van der Waals surface area contributed by atoms with Gasteiger partial charge in [0.15, 0.2) is 0 Å². The van der Waals surface area contributed by atoms with E-state index in [9.17, 15) is 18.7 Å². The molecule has 2 rings (SSSR count). The van der Waals surface area contributed by atoms with Crippen molar-refractivity contribution in [2.24, 2.45) is 0 Å². The summed E-state index contributed by atoms with van der Waals surface area (Å²) in [7, 11) is 0. The number of furan rings is 1. The maximum atomic E-state index is 13.7. The van der Waals surface area contributed by atoms with E-state index in [1.54, 1.807) is 12.1 Å². The van der Waals surface area contributed by atoms with Gasteiger partial charge in [-0.25, -0.2) is 8.78 Å². The van der Waals surface area contributed by atoms with Crippen molar-refractivity contribution in [2.45, 2.75) is 25.4 Å². The highest BCUT2D eigenvalue weighted by atomic mass is 19.1. The van der Waals surface area contributed by atoms with Crippen LogP contribution in [0.5, 0.6) is 0 Å². The van der Waals surface area contributed by atoms with Crippen molar-refractivity contribution in [3.63, 3.8) is 0 Å². The van der Waals surface area contributed by atoms with Crippen molar-refractivity contribution in [2.75, 3.05) is 6.54 Å². The number of carbonyl (C=O) groups excluding carboxylic acids is 1. The van der Waals surface area contributed by atoms with Crippen LogP contribution in [0.15, 0.2) is 41.0 Å². The SMILES string of the molecule is CC(O)(CNC(=O)CCc1ccco1)c1ccc(F)cc1F. The van der Waals surface area contributed by atoms with Gasteiger partial charge in [-0.15, -0.1) is 0 Å². The largest absolute Gasteiger partial charge is 0.469 e. The van der Waals surface area contributed by atoms with Crippen molar-refractivity contribution in [1.29, 1.82) is 0 Å². The maximum Gasteiger partial charge on any atom is 0.220 e. The summed E-state index contributed by atoms with van der Waals surface area (Å²) in [4.78, 5) is 11.7. The standard InChI is InChI=1S/C16H17F2NO3/c1-16(21,13-6-4-11(17)9-14(13)18)10-19-15(20)7-5-12-3-2-8-22-12/h2-4,6,8-9,21H,5,7,10H2,1H3,(H,19,20). The average molecular weight is 309 g/mol. The highest BCUT2D eigenvalue weighted by molar-refractivity contribution is 5.76. The molecule has 0 spiro atoms. The van der Waals surface area contributed by atoms with E-state index in [1.807, 2.05) is 0 Å². The number of hydrogen-bond acceptors (Lipinski definition) is 3. The minimum Gasteiger partial charge on any atom is -0.469 e. The maximum absolute atomic E-state index is 13.7. The van der Waals surface area contributed by atoms with Crippen LogP contribution in [-0.4, -0.2) is 17.6 Å². The molecule has 0 aliphatic heterocycles. The molecule has 22 heavy (non-hydrogen) atoms. The van der Waals surface area contributed by atoms with Gasteiger partial charge in [-0.2, -0.15) is 0 Å². The highest BCUT2D eigenvalue weighted by Gasteiger charge is 2.27. The van der Waals surface area contributed by atoms with Crippen molar-refractivity contribution in [3.05, 3.63) is 59.6 Å². The fourth-order valence-electron chi connectivity index (χ4n) is 2.07. The Morgan fingerprint density at radius 1 is 1.36 bits per heavy atom. The van der Waals surface area contributed by atoms with E-state index in [0.717, 1.165) is 6.07 Å². The van der Waals surface area contributed by atoms with E-state index in [2.05, 4.69) is 5.32 Å². The summed E-state index contributed by atoms with van der Waals surface area (Å²) in [6.45, 7) is 1.18. The quantitative estimate of drug-likeness (QED) is 0.862. The topological polar surface area (TPSA) is 62.5 Å². The lowest BCUT2D eigenvalue weighted by molar-refractivity contribution is -0.122. The van der Waals surface area contributed by atoms with Crippen molar-refractivity contribution in [3.8, 4) is 0 Å². The summed E-state index contributed by atoms with van der Waals surface area (Å²) in [5, 5.41) is 12.8. The highest BCUT2D eigenvalue weighted by Crippen LogP contribution is 2.23. The number of hydrogen-bond donors (Lipinski definition) is 2. The predicted octanol–water partition coefficient (Wildman–Crippen LogP) is 2.51. The normalized spacial score (nSPS) is 13.6. The van der Waals surface area contributed by atoms with Crippen LogP contribution in [-0.2, 0) is 16.8 Å². The number of rotatable bonds is 6. The van der Waals surface area contributed by atoms with Crippen LogP contribution >= 0.6 is 0 Å². The second-order valence-electron chi connectivity index (χ2n) is 5.25. The van der Waals surface area contributed by atoms with Gasteiger partial charge >= 0.3 is 0 Å². The Kier molecular flexibility index (Phi) is 4.92. The third-order valence-corrected chi connectivity index (χ3v) is 3.32. The Morgan fingerprint density at radius 3 is 2.77 bits per heavy atom. The van der Waals surface area contributed by atoms with Gasteiger partial charge in [0.1, 0.15) is 23.0 Å². The first-order valence-corrected chi connectivity index (χ1v) is 6.85. The molecule has 0 saturated heterocycles. The molecule has 118 valence electrons. The third kappa shape index (κ3) is 4.14. The van der Waals surface area contributed by atoms with Crippen LogP contribution in [0.25, 0.3) is 0 Å². The molecule has 0 aliphatic rings. The Balaban J connectivity index is 1.90. The summed E-state index contributed by atoms with van der Waals surface area (Å²) in [5.41, 5.74) is -1.70. The van der Waals surface area contributed by atoms with E-state index >= 15 is 0 Å². The number of benzene rings is 1. The van der Waals surface area contributed by atoms with Gasteiger partial charge in [0.2, 0.25) is 5.91 Å². The molecular formula is C16H17F2NO3. The van der Waals surface area contributed by atoms with Crippen molar-refractivity contribution in [1.82, 2.24) is 5.32 Å². The molecule has 0 radical (unpaired) electrons. The summed E-state index contributed by atoms with van der Waals surface area (Å²) in [6, 6.07) is 6.42. The molecule has 6 heteroatoms. The van der Waals surface area contributed by atoms with Crippen LogP contribution in [0, 0.1) is 11.6 Å². The zero-order valence-electron chi connectivity index (χ0n) is 12.1. The van der Waals surface area contributed by atoms with Gasteiger partial charge in [-0.05, 0) is 25.1 Å². The second kappa shape index (κ2) is 6.70. The first-order valence-electron chi connectivity index (χ1n) is 6.85. The second-order valence-corrected chi connectivity index (χ2v) is 5.25. The fraction of sp³-hybridized carbons (Fsp3) is 0.312. The van der Waals surface area contributed by atoms with E-state index in [4.69, 9.17) is 4.42 Å². The lowest BCUT2D eigenvalue weighted by atomic mass is 9.95. The number of nitrogens with one attached hydrogen (secondary N) is 1. The van der Waals surface area contributed by atoms with E-state index in [-0.39, 0.29) is 24.4 Å². The number of aliphatic hydroxyl groups is 1. The minimum absolute atomic E-state index is 0.0692. The molecule has 0 aliphatic carbocycles. The Labute approximate surface area is 126 Å². The summed E-state index contributed by atoms with van der Waals surface area (Å²) < 4.78 is 31.7. The Hall–Kier alpha value is -2.21. The van der Waals surface area contributed by atoms with Gasteiger partial charge in [0.25, 0.3) is 0 Å².